The Kier molecular flexibility index (Phi) is 3.65. The summed E-state index contributed by atoms with van der Waals surface area (Å²) in [5, 5.41) is 4.40. The summed E-state index contributed by atoms with van der Waals surface area (Å²) in [7, 11) is 0. The molecule has 16 heavy (non-hydrogen) atoms. The molecular formula is C12H10Cl2N2. The second-order valence-corrected chi connectivity index (χ2v) is 4.16. The fraction of sp³-hybridized carbons (Fsp3) is 0.0833. The molecule has 0 amide bonds. The third kappa shape index (κ3) is 2.87. The molecule has 2 rings (SSSR count). The Morgan fingerprint density at radius 1 is 1.12 bits per heavy atom. The van der Waals surface area contributed by atoms with Crippen LogP contribution in [-0.4, -0.2) is 4.98 Å². The van der Waals surface area contributed by atoms with Gasteiger partial charge < -0.3 is 5.32 Å². The van der Waals surface area contributed by atoms with Gasteiger partial charge >= 0.3 is 0 Å². The summed E-state index contributed by atoms with van der Waals surface area (Å²) in [5.74, 6) is 0. The summed E-state index contributed by atoms with van der Waals surface area (Å²) >= 11 is 11.8. The lowest BCUT2D eigenvalue weighted by Gasteiger charge is -2.06. The van der Waals surface area contributed by atoms with Crippen molar-refractivity contribution in [1.29, 1.82) is 0 Å². The lowest BCUT2D eigenvalue weighted by atomic mass is 10.2. The SMILES string of the molecule is Clc1ccc(CNc2cccnc2)cc1Cl. The molecule has 1 N–H and O–H groups in total. The molecule has 0 unspecified atom stereocenters. The zero-order valence-corrected chi connectivity index (χ0v) is 9.96. The summed E-state index contributed by atoms with van der Waals surface area (Å²) < 4.78 is 0. The van der Waals surface area contributed by atoms with Gasteiger partial charge in [-0.1, -0.05) is 29.3 Å². The Morgan fingerprint density at radius 2 is 2.00 bits per heavy atom. The van der Waals surface area contributed by atoms with E-state index < -0.39 is 0 Å². The van der Waals surface area contributed by atoms with E-state index in [9.17, 15) is 0 Å². The Morgan fingerprint density at radius 3 is 2.69 bits per heavy atom. The van der Waals surface area contributed by atoms with Gasteiger partial charge in [0.05, 0.1) is 15.7 Å². The van der Waals surface area contributed by atoms with Crippen LogP contribution >= 0.6 is 23.2 Å². The lowest BCUT2D eigenvalue weighted by Crippen LogP contribution is -1.99. The fourth-order valence-electron chi connectivity index (χ4n) is 1.32. The van der Waals surface area contributed by atoms with Crippen molar-refractivity contribution in [3.05, 3.63) is 58.3 Å². The van der Waals surface area contributed by atoms with Gasteiger partial charge in [0, 0.05) is 18.9 Å². The monoisotopic (exact) mass is 252 g/mol. The molecule has 0 radical (unpaired) electrons. The van der Waals surface area contributed by atoms with Gasteiger partial charge in [-0.05, 0) is 29.8 Å². The molecule has 4 heteroatoms. The third-order valence-electron chi connectivity index (χ3n) is 2.14. The first-order valence-corrected chi connectivity index (χ1v) is 5.59. The summed E-state index contributed by atoms with van der Waals surface area (Å²) in [6.45, 7) is 0.697. The van der Waals surface area contributed by atoms with Crippen LogP contribution in [-0.2, 0) is 6.54 Å². The van der Waals surface area contributed by atoms with Crippen LogP contribution in [0.5, 0.6) is 0 Å². The molecule has 0 aliphatic carbocycles. The maximum Gasteiger partial charge on any atom is 0.0595 e. The number of anilines is 1. The number of rotatable bonds is 3. The Bertz CT molecular complexity index is 472. The average Bonchev–Trinajstić information content (AvgIpc) is 2.32. The number of hydrogen-bond donors (Lipinski definition) is 1. The van der Waals surface area contributed by atoms with E-state index in [4.69, 9.17) is 23.2 Å². The van der Waals surface area contributed by atoms with Crippen molar-refractivity contribution in [3.63, 3.8) is 0 Å². The van der Waals surface area contributed by atoms with Gasteiger partial charge in [-0.15, -0.1) is 0 Å². The molecule has 0 aliphatic heterocycles. The minimum Gasteiger partial charge on any atom is -0.380 e. The molecule has 0 fully saturated rings. The maximum absolute atomic E-state index is 5.92. The van der Waals surface area contributed by atoms with E-state index in [0.717, 1.165) is 11.3 Å². The number of halogens is 2. The molecule has 0 spiro atoms. The summed E-state index contributed by atoms with van der Waals surface area (Å²) in [5.41, 5.74) is 2.06. The van der Waals surface area contributed by atoms with Crippen molar-refractivity contribution >= 4 is 28.9 Å². The molecule has 0 saturated carbocycles. The number of aromatic nitrogens is 1. The number of nitrogens with zero attached hydrogens (tertiary/aromatic N) is 1. The Balaban J connectivity index is 2.03. The topological polar surface area (TPSA) is 24.9 Å². The molecule has 0 bridgehead atoms. The second-order valence-electron chi connectivity index (χ2n) is 3.34. The summed E-state index contributed by atoms with van der Waals surface area (Å²) in [4.78, 5) is 4.02. The lowest BCUT2D eigenvalue weighted by molar-refractivity contribution is 1.14. The first-order valence-electron chi connectivity index (χ1n) is 4.83. The zero-order valence-electron chi connectivity index (χ0n) is 8.45. The first kappa shape index (κ1) is 11.2. The van der Waals surface area contributed by atoms with Crippen LogP contribution in [0.4, 0.5) is 5.69 Å². The van der Waals surface area contributed by atoms with E-state index in [1.54, 1.807) is 18.5 Å². The predicted octanol–water partition coefficient (Wildman–Crippen LogP) is 4.00. The van der Waals surface area contributed by atoms with Crippen LogP contribution in [0.15, 0.2) is 42.7 Å². The third-order valence-corrected chi connectivity index (χ3v) is 2.88. The predicted molar refractivity (Wildman–Crippen MR) is 68.0 cm³/mol. The molecular weight excluding hydrogens is 243 g/mol. The minimum atomic E-state index is 0.576. The van der Waals surface area contributed by atoms with Crippen LogP contribution in [0.2, 0.25) is 10.0 Å². The first-order chi connectivity index (χ1) is 7.75. The zero-order chi connectivity index (χ0) is 11.4. The van der Waals surface area contributed by atoms with Gasteiger partial charge in [-0.2, -0.15) is 0 Å². The van der Waals surface area contributed by atoms with E-state index in [1.165, 1.54) is 0 Å². The van der Waals surface area contributed by atoms with Crippen molar-refractivity contribution in [2.75, 3.05) is 5.32 Å². The number of pyridine rings is 1. The van der Waals surface area contributed by atoms with Crippen LogP contribution in [0.1, 0.15) is 5.56 Å². The van der Waals surface area contributed by atoms with Gasteiger partial charge in [0.25, 0.3) is 0 Å². The van der Waals surface area contributed by atoms with Gasteiger partial charge in [0.1, 0.15) is 0 Å². The Hall–Kier alpha value is -1.25. The Labute approximate surface area is 104 Å². The van der Waals surface area contributed by atoms with Crippen molar-refractivity contribution in [2.24, 2.45) is 0 Å². The van der Waals surface area contributed by atoms with Crippen molar-refractivity contribution in [2.45, 2.75) is 6.54 Å². The molecule has 0 atom stereocenters. The van der Waals surface area contributed by atoms with Crippen molar-refractivity contribution in [3.8, 4) is 0 Å². The van der Waals surface area contributed by atoms with E-state index in [-0.39, 0.29) is 0 Å². The highest BCUT2D eigenvalue weighted by Crippen LogP contribution is 2.22. The minimum absolute atomic E-state index is 0.576. The second kappa shape index (κ2) is 5.19. The molecule has 2 aromatic rings. The standard InChI is InChI=1S/C12H10Cl2N2/c13-11-4-3-9(6-12(11)14)7-16-10-2-1-5-15-8-10/h1-6,8,16H,7H2. The van der Waals surface area contributed by atoms with E-state index >= 15 is 0 Å². The molecule has 2 nitrogen and oxygen atoms in total. The molecule has 82 valence electrons. The highest BCUT2D eigenvalue weighted by Gasteiger charge is 1.99. The fourth-order valence-corrected chi connectivity index (χ4v) is 1.64. The van der Waals surface area contributed by atoms with E-state index in [2.05, 4.69) is 10.3 Å². The molecule has 1 heterocycles. The van der Waals surface area contributed by atoms with Crippen LogP contribution in [0, 0.1) is 0 Å². The normalized spacial score (nSPS) is 10.1. The van der Waals surface area contributed by atoms with E-state index in [0.29, 0.717) is 16.6 Å². The highest BCUT2D eigenvalue weighted by atomic mass is 35.5. The van der Waals surface area contributed by atoms with Gasteiger partial charge in [-0.25, -0.2) is 0 Å². The van der Waals surface area contributed by atoms with Gasteiger partial charge in [-0.3, -0.25) is 4.98 Å². The van der Waals surface area contributed by atoms with Crippen LogP contribution < -0.4 is 5.32 Å². The molecule has 1 aromatic heterocycles. The average molecular weight is 253 g/mol. The number of hydrogen-bond acceptors (Lipinski definition) is 2. The van der Waals surface area contributed by atoms with Crippen molar-refractivity contribution < 1.29 is 0 Å². The van der Waals surface area contributed by atoms with Crippen LogP contribution in [0.3, 0.4) is 0 Å². The largest absolute Gasteiger partial charge is 0.380 e. The smallest absolute Gasteiger partial charge is 0.0595 e. The van der Waals surface area contributed by atoms with E-state index in [1.807, 2.05) is 24.3 Å². The van der Waals surface area contributed by atoms with Crippen molar-refractivity contribution in [1.82, 2.24) is 4.98 Å². The summed E-state index contributed by atoms with van der Waals surface area (Å²) in [6.07, 6.45) is 3.52. The van der Waals surface area contributed by atoms with Gasteiger partial charge in [0.15, 0.2) is 0 Å². The quantitative estimate of drug-likeness (QED) is 0.894. The molecule has 0 saturated heterocycles. The maximum atomic E-state index is 5.92. The number of benzene rings is 1. The summed E-state index contributed by atoms with van der Waals surface area (Å²) in [6, 6.07) is 9.44. The molecule has 0 aliphatic rings. The van der Waals surface area contributed by atoms with Gasteiger partial charge in [0.2, 0.25) is 0 Å². The number of nitrogens with one attached hydrogen (secondary N) is 1. The highest BCUT2D eigenvalue weighted by molar-refractivity contribution is 6.42. The van der Waals surface area contributed by atoms with Crippen LogP contribution in [0.25, 0.3) is 0 Å². The molecule has 1 aromatic carbocycles.